The lowest BCUT2D eigenvalue weighted by Crippen LogP contribution is -2.42. The summed E-state index contributed by atoms with van der Waals surface area (Å²) in [6, 6.07) is 7.38. The summed E-state index contributed by atoms with van der Waals surface area (Å²) >= 11 is 0. The number of ether oxygens (including phenoxy) is 1. The van der Waals surface area contributed by atoms with Crippen molar-refractivity contribution in [3.05, 3.63) is 35.4 Å². The van der Waals surface area contributed by atoms with Crippen LogP contribution in [0.1, 0.15) is 30.9 Å². The third-order valence-corrected chi connectivity index (χ3v) is 3.99. The van der Waals surface area contributed by atoms with Gasteiger partial charge in [0.05, 0.1) is 6.61 Å². The molecule has 2 atom stereocenters. The Balaban J connectivity index is 0.00000312. The molecular formula is C17H24ClF3N2O2. The normalized spacial score (nSPS) is 20.6. The first-order chi connectivity index (χ1) is 11.3. The van der Waals surface area contributed by atoms with Gasteiger partial charge < -0.3 is 15.4 Å². The fraction of sp³-hybridized carbons (Fsp3) is 0.588. The molecule has 2 rings (SSSR count). The van der Waals surface area contributed by atoms with Crippen LogP contribution < -0.4 is 10.6 Å². The minimum Gasteiger partial charge on any atom is -0.367 e. The number of piperidine rings is 1. The Morgan fingerprint density at radius 1 is 1.36 bits per heavy atom. The predicted molar refractivity (Wildman–Crippen MR) is 91.4 cm³/mol. The fourth-order valence-corrected chi connectivity index (χ4v) is 2.82. The third-order valence-electron chi connectivity index (χ3n) is 3.99. The average molecular weight is 381 g/mol. The van der Waals surface area contributed by atoms with Crippen molar-refractivity contribution in [2.75, 3.05) is 13.2 Å². The maximum Gasteiger partial charge on any atom is 0.411 e. The van der Waals surface area contributed by atoms with Gasteiger partial charge in [-0.15, -0.1) is 12.4 Å². The van der Waals surface area contributed by atoms with Gasteiger partial charge in [-0.1, -0.05) is 24.3 Å². The Morgan fingerprint density at radius 3 is 2.76 bits per heavy atom. The standard InChI is InChI=1S/C17H23F3N2O2.ClH/c1-12-7-15(5-6-21-12)16(23)22-9-13-3-2-4-14(8-13)10-24-11-17(18,19)20;/h2-4,8,12,15,21H,5-7,9-11H2,1H3,(H,22,23);1H/t12-,15-;/m0./s1. The highest BCUT2D eigenvalue weighted by atomic mass is 35.5. The van der Waals surface area contributed by atoms with Crippen LogP contribution in [0.5, 0.6) is 0 Å². The van der Waals surface area contributed by atoms with Crippen LogP contribution in [-0.4, -0.2) is 31.3 Å². The fourth-order valence-electron chi connectivity index (χ4n) is 2.82. The Hall–Kier alpha value is -1.31. The van der Waals surface area contributed by atoms with Crippen molar-refractivity contribution in [1.29, 1.82) is 0 Å². The van der Waals surface area contributed by atoms with Crippen molar-refractivity contribution in [3.63, 3.8) is 0 Å². The van der Waals surface area contributed by atoms with Gasteiger partial charge in [-0.25, -0.2) is 0 Å². The van der Waals surface area contributed by atoms with Crippen molar-refractivity contribution >= 4 is 18.3 Å². The molecule has 1 aliphatic heterocycles. The van der Waals surface area contributed by atoms with Crippen LogP contribution in [0.25, 0.3) is 0 Å². The van der Waals surface area contributed by atoms with Gasteiger partial charge in [-0.2, -0.15) is 13.2 Å². The van der Waals surface area contributed by atoms with Crippen LogP contribution in [0.4, 0.5) is 13.2 Å². The van der Waals surface area contributed by atoms with E-state index in [4.69, 9.17) is 0 Å². The van der Waals surface area contributed by atoms with E-state index in [0.29, 0.717) is 18.2 Å². The molecule has 8 heteroatoms. The van der Waals surface area contributed by atoms with Crippen molar-refractivity contribution in [2.45, 2.75) is 45.1 Å². The highest BCUT2D eigenvalue weighted by Crippen LogP contribution is 2.17. The highest BCUT2D eigenvalue weighted by molar-refractivity contribution is 5.85. The Bertz CT molecular complexity index is 555. The van der Waals surface area contributed by atoms with Crippen molar-refractivity contribution in [1.82, 2.24) is 10.6 Å². The number of alkyl halides is 3. The van der Waals surface area contributed by atoms with Crippen LogP contribution in [0.3, 0.4) is 0 Å². The maximum atomic E-state index is 12.2. The second-order valence-electron chi connectivity index (χ2n) is 6.22. The SMILES string of the molecule is C[C@H]1C[C@@H](C(=O)NCc2cccc(COCC(F)(F)F)c2)CCN1.Cl. The number of halogens is 4. The zero-order valence-corrected chi connectivity index (χ0v) is 14.9. The number of benzene rings is 1. The minimum absolute atomic E-state index is 0. The summed E-state index contributed by atoms with van der Waals surface area (Å²) in [6.07, 6.45) is -2.68. The molecule has 0 aliphatic carbocycles. The van der Waals surface area contributed by atoms with Crippen LogP contribution in [0.15, 0.2) is 24.3 Å². The van der Waals surface area contributed by atoms with Crippen LogP contribution in [0, 0.1) is 5.92 Å². The molecule has 1 aromatic rings. The number of nitrogens with one attached hydrogen (secondary N) is 2. The number of hydrogen-bond donors (Lipinski definition) is 2. The van der Waals surface area contributed by atoms with E-state index in [1.54, 1.807) is 18.2 Å². The van der Waals surface area contributed by atoms with E-state index in [2.05, 4.69) is 22.3 Å². The van der Waals surface area contributed by atoms with E-state index in [-0.39, 0.29) is 30.8 Å². The van der Waals surface area contributed by atoms with Crippen molar-refractivity contribution < 1.29 is 22.7 Å². The van der Waals surface area contributed by atoms with Gasteiger partial charge in [0.25, 0.3) is 0 Å². The maximum absolute atomic E-state index is 12.2. The van der Waals surface area contributed by atoms with Gasteiger partial charge in [-0.3, -0.25) is 4.79 Å². The van der Waals surface area contributed by atoms with E-state index in [0.717, 1.165) is 24.9 Å². The van der Waals surface area contributed by atoms with Crippen molar-refractivity contribution in [3.8, 4) is 0 Å². The van der Waals surface area contributed by atoms with Gasteiger partial charge >= 0.3 is 6.18 Å². The summed E-state index contributed by atoms with van der Waals surface area (Å²) < 4.78 is 40.9. The number of carbonyl (C=O) groups is 1. The molecule has 1 aromatic carbocycles. The third kappa shape index (κ3) is 8.07. The minimum atomic E-state index is -4.32. The van der Waals surface area contributed by atoms with E-state index < -0.39 is 12.8 Å². The molecule has 4 nitrogen and oxygen atoms in total. The average Bonchev–Trinajstić information content (AvgIpc) is 2.52. The molecule has 1 aliphatic rings. The predicted octanol–water partition coefficient (Wildman–Crippen LogP) is 3.19. The monoisotopic (exact) mass is 380 g/mol. The van der Waals surface area contributed by atoms with E-state index in [1.165, 1.54) is 0 Å². The number of rotatable bonds is 6. The molecular weight excluding hydrogens is 357 g/mol. The molecule has 142 valence electrons. The van der Waals surface area contributed by atoms with E-state index in [1.807, 2.05) is 6.07 Å². The Morgan fingerprint density at radius 2 is 2.08 bits per heavy atom. The number of amides is 1. The summed E-state index contributed by atoms with van der Waals surface area (Å²) in [7, 11) is 0. The molecule has 0 aromatic heterocycles. The van der Waals surface area contributed by atoms with Crippen LogP contribution >= 0.6 is 12.4 Å². The van der Waals surface area contributed by atoms with Gasteiger partial charge in [0, 0.05) is 18.5 Å². The summed E-state index contributed by atoms with van der Waals surface area (Å²) in [5.41, 5.74) is 1.50. The Kier molecular flexibility index (Phi) is 8.68. The summed E-state index contributed by atoms with van der Waals surface area (Å²) in [5.74, 6) is 0.0432. The largest absolute Gasteiger partial charge is 0.411 e. The first-order valence-corrected chi connectivity index (χ1v) is 8.07. The molecule has 0 unspecified atom stereocenters. The highest BCUT2D eigenvalue weighted by Gasteiger charge is 2.27. The zero-order valence-electron chi connectivity index (χ0n) is 14.1. The Labute approximate surface area is 151 Å². The molecule has 1 amide bonds. The van der Waals surface area contributed by atoms with Gasteiger partial charge in [0.2, 0.25) is 5.91 Å². The quantitative estimate of drug-likeness (QED) is 0.797. The first kappa shape index (κ1) is 21.7. The summed E-state index contributed by atoms with van der Waals surface area (Å²) in [4.78, 5) is 12.2. The lowest BCUT2D eigenvalue weighted by molar-refractivity contribution is -0.176. The summed E-state index contributed by atoms with van der Waals surface area (Å²) in [6.45, 7) is 1.90. The molecule has 1 heterocycles. The van der Waals surface area contributed by atoms with Gasteiger partial charge in [-0.05, 0) is 37.4 Å². The topological polar surface area (TPSA) is 50.4 Å². The van der Waals surface area contributed by atoms with Crippen molar-refractivity contribution in [2.24, 2.45) is 5.92 Å². The van der Waals surface area contributed by atoms with Crippen LogP contribution in [0.2, 0.25) is 0 Å². The molecule has 1 fully saturated rings. The van der Waals surface area contributed by atoms with E-state index in [9.17, 15) is 18.0 Å². The smallest absolute Gasteiger partial charge is 0.367 e. The molecule has 2 N–H and O–H groups in total. The molecule has 1 saturated heterocycles. The van der Waals surface area contributed by atoms with Gasteiger partial charge in [0.1, 0.15) is 6.61 Å². The number of hydrogen-bond acceptors (Lipinski definition) is 3. The lowest BCUT2D eigenvalue weighted by atomic mass is 9.92. The number of carbonyl (C=O) groups excluding carboxylic acids is 1. The second-order valence-corrected chi connectivity index (χ2v) is 6.22. The molecule has 0 spiro atoms. The van der Waals surface area contributed by atoms with Gasteiger partial charge in [0.15, 0.2) is 0 Å². The second kappa shape index (κ2) is 9.99. The molecule has 0 radical (unpaired) electrons. The van der Waals surface area contributed by atoms with Crippen LogP contribution in [-0.2, 0) is 22.7 Å². The zero-order chi connectivity index (χ0) is 17.6. The molecule has 0 bridgehead atoms. The molecule has 25 heavy (non-hydrogen) atoms. The summed E-state index contributed by atoms with van der Waals surface area (Å²) in [5, 5.41) is 6.21. The first-order valence-electron chi connectivity index (χ1n) is 8.07. The lowest BCUT2D eigenvalue weighted by Gasteiger charge is -2.27. The molecule has 0 saturated carbocycles. The van der Waals surface area contributed by atoms with E-state index >= 15 is 0 Å².